The minimum absolute atomic E-state index is 0.149. The Morgan fingerprint density at radius 1 is 0.628 bits per heavy atom. The lowest BCUT2D eigenvalue weighted by atomic mass is 9.83. The Labute approximate surface area is 253 Å². The van der Waals surface area contributed by atoms with Crippen LogP contribution >= 0.6 is 0 Å². The molecule has 2 aromatic carbocycles. The fourth-order valence-electron chi connectivity index (χ4n) is 7.06. The Morgan fingerprint density at radius 3 is 1.35 bits per heavy atom. The number of benzene rings is 2. The van der Waals surface area contributed by atoms with Gasteiger partial charge < -0.3 is 25.0 Å². The van der Waals surface area contributed by atoms with E-state index in [1.165, 1.54) is 0 Å². The number of rotatable bonds is 6. The van der Waals surface area contributed by atoms with Crippen molar-refractivity contribution in [3.05, 3.63) is 81.3 Å². The van der Waals surface area contributed by atoms with Crippen LogP contribution in [0.3, 0.4) is 0 Å². The SMILES string of the molecule is CON1CCC2(CC1)NC(=O)C(c1cc(C)ccc1C)=C2OC1=C(c2cc(C)ccc2C)C(=O)NC12CCN(OC)CC2. The molecule has 9 nitrogen and oxygen atoms in total. The van der Waals surface area contributed by atoms with Crippen LogP contribution in [-0.4, -0.2) is 73.4 Å². The van der Waals surface area contributed by atoms with E-state index in [0.29, 0.717) is 74.5 Å². The Balaban J connectivity index is 1.57. The number of hydrogen-bond acceptors (Lipinski definition) is 7. The quantitative estimate of drug-likeness (QED) is 0.527. The predicted octanol–water partition coefficient (Wildman–Crippen LogP) is 4.11. The molecule has 228 valence electrons. The van der Waals surface area contributed by atoms with E-state index in [1.54, 1.807) is 14.2 Å². The van der Waals surface area contributed by atoms with Crippen molar-refractivity contribution in [2.24, 2.45) is 0 Å². The first-order valence-electron chi connectivity index (χ1n) is 15.2. The summed E-state index contributed by atoms with van der Waals surface area (Å²) in [4.78, 5) is 39.1. The van der Waals surface area contributed by atoms with Crippen LogP contribution in [-0.2, 0) is 24.0 Å². The van der Waals surface area contributed by atoms with Crippen molar-refractivity contribution in [2.75, 3.05) is 40.4 Å². The van der Waals surface area contributed by atoms with Crippen LogP contribution in [0.5, 0.6) is 0 Å². The van der Waals surface area contributed by atoms with E-state index >= 15 is 0 Å². The standard InChI is InChI=1S/C34H42N4O5/c1-21-7-9-23(3)25(19-21)27-29(33(35-31(27)39)11-15-37(41-5)16-12-33)43-30-28(26-20-22(2)8-10-24(26)4)32(40)36-34(30)13-17-38(42-6)18-14-34/h7-10,19-20H,11-18H2,1-6H3,(H,35,39)(H,36,40). The number of carbonyl (C=O) groups is 2. The summed E-state index contributed by atoms with van der Waals surface area (Å²) in [6.07, 6.45) is 2.48. The van der Waals surface area contributed by atoms with E-state index in [-0.39, 0.29) is 11.8 Å². The lowest BCUT2D eigenvalue weighted by Gasteiger charge is -2.42. The molecule has 0 unspecified atom stereocenters. The summed E-state index contributed by atoms with van der Waals surface area (Å²) in [6, 6.07) is 12.3. The van der Waals surface area contributed by atoms with Gasteiger partial charge in [0, 0.05) is 26.2 Å². The molecule has 0 radical (unpaired) electrons. The number of ether oxygens (including phenoxy) is 1. The molecule has 2 N–H and O–H groups in total. The van der Waals surface area contributed by atoms with Crippen molar-refractivity contribution in [2.45, 2.75) is 64.5 Å². The number of aryl methyl sites for hydroxylation is 4. The third-order valence-electron chi connectivity index (χ3n) is 9.68. The molecule has 0 atom stereocenters. The van der Waals surface area contributed by atoms with Crippen LogP contribution in [0.4, 0.5) is 0 Å². The Morgan fingerprint density at radius 2 is 1.00 bits per heavy atom. The normalized spacial score (nSPS) is 22.1. The largest absolute Gasteiger partial charge is 0.459 e. The first-order valence-corrected chi connectivity index (χ1v) is 15.2. The van der Waals surface area contributed by atoms with Gasteiger partial charge in [-0.15, -0.1) is 0 Å². The highest BCUT2D eigenvalue weighted by Gasteiger charge is 2.54. The van der Waals surface area contributed by atoms with Gasteiger partial charge in [-0.2, -0.15) is 10.1 Å². The molecule has 4 heterocycles. The van der Waals surface area contributed by atoms with Gasteiger partial charge in [0.25, 0.3) is 11.8 Å². The summed E-state index contributed by atoms with van der Waals surface area (Å²) in [7, 11) is 3.35. The van der Waals surface area contributed by atoms with Gasteiger partial charge in [-0.05, 0) is 75.6 Å². The number of hydroxylamine groups is 4. The Kier molecular flexibility index (Phi) is 7.71. The van der Waals surface area contributed by atoms with Crippen LogP contribution in [0.25, 0.3) is 11.1 Å². The lowest BCUT2D eigenvalue weighted by Crippen LogP contribution is -2.55. The van der Waals surface area contributed by atoms with Crippen LogP contribution in [0.1, 0.15) is 59.1 Å². The highest BCUT2D eigenvalue weighted by molar-refractivity contribution is 6.25. The monoisotopic (exact) mass is 586 g/mol. The summed E-state index contributed by atoms with van der Waals surface area (Å²) in [5.41, 5.74) is 5.47. The minimum Gasteiger partial charge on any atom is -0.459 e. The van der Waals surface area contributed by atoms with Crippen molar-refractivity contribution < 1.29 is 24.0 Å². The van der Waals surface area contributed by atoms with E-state index in [9.17, 15) is 9.59 Å². The van der Waals surface area contributed by atoms with Crippen LogP contribution in [0.2, 0.25) is 0 Å². The van der Waals surface area contributed by atoms with E-state index in [0.717, 1.165) is 33.4 Å². The third-order valence-corrected chi connectivity index (χ3v) is 9.68. The van der Waals surface area contributed by atoms with E-state index in [4.69, 9.17) is 14.4 Å². The fraction of sp³-hybridized carbons (Fsp3) is 0.471. The molecule has 0 aromatic heterocycles. The number of hydrogen-bond donors (Lipinski definition) is 2. The van der Waals surface area contributed by atoms with Crippen molar-refractivity contribution >= 4 is 23.0 Å². The van der Waals surface area contributed by atoms with E-state index in [1.807, 2.05) is 50.0 Å². The fourth-order valence-corrected chi connectivity index (χ4v) is 7.06. The van der Waals surface area contributed by atoms with Crippen molar-refractivity contribution in [3.63, 3.8) is 0 Å². The second-order valence-electron chi connectivity index (χ2n) is 12.4. The third kappa shape index (κ3) is 5.08. The second-order valence-corrected chi connectivity index (χ2v) is 12.4. The molecule has 2 aromatic rings. The number of carbonyl (C=O) groups excluding carboxylic acids is 2. The van der Waals surface area contributed by atoms with Gasteiger partial charge in [0.2, 0.25) is 0 Å². The average Bonchev–Trinajstić information content (AvgIpc) is 3.41. The van der Waals surface area contributed by atoms with Gasteiger partial charge in [0.15, 0.2) is 0 Å². The Hall–Kier alpha value is -3.50. The maximum Gasteiger partial charge on any atom is 0.256 e. The first kappa shape index (κ1) is 29.6. The molecule has 2 saturated heterocycles. The van der Waals surface area contributed by atoms with Gasteiger partial charge in [-0.3, -0.25) is 9.59 Å². The van der Waals surface area contributed by atoms with Gasteiger partial charge in [0.1, 0.15) is 22.6 Å². The highest BCUT2D eigenvalue weighted by Crippen LogP contribution is 2.48. The zero-order chi connectivity index (χ0) is 30.5. The molecule has 0 aliphatic carbocycles. The molecule has 9 heteroatoms. The smallest absolute Gasteiger partial charge is 0.256 e. The van der Waals surface area contributed by atoms with E-state index < -0.39 is 11.1 Å². The molecule has 2 fully saturated rings. The average molecular weight is 587 g/mol. The van der Waals surface area contributed by atoms with Crippen molar-refractivity contribution in [1.29, 1.82) is 0 Å². The molecule has 43 heavy (non-hydrogen) atoms. The predicted molar refractivity (Wildman–Crippen MR) is 164 cm³/mol. The maximum absolute atomic E-state index is 14.0. The number of piperidine rings is 2. The molecule has 4 aliphatic rings. The molecular weight excluding hydrogens is 544 g/mol. The maximum atomic E-state index is 14.0. The van der Waals surface area contributed by atoms with Gasteiger partial charge >= 0.3 is 0 Å². The topological polar surface area (TPSA) is 92.4 Å². The van der Waals surface area contributed by atoms with Crippen molar-refractivity contribution in [1.82, 2.24) is 20.8 Å². The van der Waals surface area contributed by atoms with Gasteiger partial charge in [-0.25, -0.2) is 0 Å². The number of nitrogens with zero attached hydrogens (tertiary/aromatic N) is 2. The summed E-state index contributed by atoms with van der Waals surface area (Å²) < 4.78 is 7.24. The molecule has 4 aliphatic heterocycles. The molecule has 6 rings (SSSR count). The van der Waals surface area contributed by atoms with E-state index in [2.05, 4.69) is 34.9 Å². The van der Waals surface area contributed by atoms with Crippen molar-refractivity contribution in [3.8, 4) is 0 Å². The summed E-state index contributed by atoms with van der Waals surface area (Å²) in [6.45, 7) is 10.7. The number of nitrogens with one attached hydrogen (secondary N) is 2. The highest BCUT2D eigenvalue weighted by atomic mass is 16.7. The zero-order valence-electron chi connectivity index (χ0n) is 26.1. The summed E-state index contributed by atoms with van der Waals surface area (Å²) >= 11 is 0. The first-order chi connectivity index (χ1) is 20.6. The lowest BCUT2D eigenvalue weighted by molar-refractivity contribution is -0.155. The van der Waals surface area contributed by atoms with Crippen LogP contribution < -0.4 is 10.6 Å². The van der Waals surface area contributed by atoms with Crippen LogP contribution in [0.15, 0.2) is 47.9 Å². The molecular formula is C34H42N4O5. The number of amides is 2. The molecule has 2 amide bonds. The molecule has 2 spiro atoms. The summed E-state index contributed by atoms with van der Waals surface area (Å²) in [5.74, 6) is 0.905. The van der Waals surface area contributed by atoms with Crippen LogP contribution in [0, 0.1) is 27.7 Å². The summed E-state index contributed by atoms with van der Waals surface area (Å²) in [5, 5.41) is 10.5. The zero-order valence-corrected chi connectivity index (χ0v) is 26.1. The minimum atomic E-state index is -0.725. The van der Waals surface area contributed by atoms with Gasteiger partial charge in [0.05, 0.1) is 25.4 Å². The molecule has 0 saturated carbocycles. The van der Waals surface area contributed by atoms with Gasteiger partial charge in [-0.1, -0.05) is 47.5 Å². The second kappa shape index (κ2) is 11.2. The molecule has 0 bridgehead atoms. The Bertz CT molecular complexity index is 1410.